The molecule has 0 saturated carbocycles. The van der Waals surface area contributed by atoms with Crippen molar-refractivity contribution in [1.82, 2.24) is 0 Å². The Labute approximate surface area is 109 Å². The Morgan fingerprint density at radius 1 is 1.50 bits per heavy atom. The maximum absolute atomic E-state index is 13.0. The molecule has 0 aliphatic carbocycles. The standard InChI is InChI=1S/C11H9BrF3NO2/c12-8-2-1-6(13)3-9(8)16-5-7-4-11(14,15)10(17)18-7/h1-3,7,16H,4-5H2. The lowest BCUT2D eigenvalue weighted by atomic mass is 10.2. The molecule has 0 bridgehead atoms. The number of rotatable bonds is 3. The number of halogens is 4. The van der Waals surface area contributed by atoms with E-state index in [1.54, 1.807) is 0 Å². The number of carbonyl (C=O) groups excluding carboxylic acids is 1. The first-order valence-corrected chi connectivity index (χ1v) is 5.95. The monoisotopic (exact) mass is 323 g/mol. The largest absolute Gasteiger partial charge is 0.456 e. The van der Waals surface area contributed by atoms with Crippen LogP contribution in [0.25, 0.3) is 0 Å². The molecule has 0 amide bonds. The number of carbonyl (C=O) groups is 1. The number of esters is 1. The van der Waals surface area contributed by atoms with Gasteiger partial charge >= 0.3 is 11.9 Å². The van der Waals surface area contributed by atoms with Gasteiger partial charge < -0.3 is 10.1 Å². The van der Waals surface area contributed by atoms with Gasteiger partial charge in [0.15, 0.2) is 0 Å². The first-order chi connectivity index (χ1) is 8.38. The summed E-state index contributed by atoms with van der Waals surface area (Å²) >= 11 is 3.19. The van der Waals surface area contributed by atoms with Crippen LogP contribution in [0.4, 0.5) is 18.9 Å². The molecule has 1 fully saturated rings. The van der Waals surface area contributed by atoms with Gasteiger partial charge in [-0.15, -0.1) is 0 Å². The molecule has 0 aromatic heterocycles. The van der Waals surface area contributed by atoms with Gasteiger partial charge in [-0.05, 0) is 34.1 Å². The molecular weight excluding hydrogens is 315 g/mol. The maximum Gasteiger partial charge on any atom is 0.377 e. The van der Waals surface area contributed by atoms with Crippen LogP contribution in [-0.2, 0) is 9.53 Å². The highest BCUT2D eigenvalue weighted by atomic mass is 79.9. The maximum atomic E-state index is 13.0. The lowest BCUT2D eigenvalue weighted by Crippen LogP contribution is -2.22. The first-order valence-electron chi connectivity index (χ1n) is 5.16. The summed E-state index contributed by atoms with van der Waals surface area (Å²) in [5, 5.41) is 2.76. The Hall–Kier alpha value is -1.24. The van der Waals surface area contributed by atoms with Crippen molar-refractivity contribution in [3.63, 3.8) is 0 Å². The van der Waals surface area contributed by atoms with Gasteiger partial charge in [0.05, 0.1) is 18.7 Å². The molecule has 0 spiro atoms. The topological polar surface area (TPSA) is 38.3 Å². The lowest BCUT2D eigenvalue weighted by molar-refractivity contribution is -0.158. The molecule has 1 aliphatic rings. The SMILES string of the molecule is O=C1OC(CNc2cc(F)ccc2Br)CC1(F)F. The van der Waals surface area contributed by atoms with Gasteiger partial charge in [-0.2, -0.15) is 8.78 Å². The summed E-state index contributed by atoms with van der Waals surface area (Å²) in [6.07, 6.45) is -1.58. The van der Waals surface area contributed by atoms with Crippen molar-refractivity contribution in [2.45, 2.75) is 18.4 Å². The van der Waals surface area contributed by atoms with Gasteiger partial charge in [-0.3, -0.25) is 0 Å². The van der Waals surface area contributed by atoms with Crippen molar-refractivity contribution >= 4 is 27.6 Å². The fourth-order valence-corrected chi connectivity index (χ4v) is 2.01. The van der Waals surface area contributed by atoms with E-state index in [0.717, 1.165) is 0 Å². The predicted molar refractivity (Wildman–Crippen MR) is 62.0 cm³/mol. The lowest BCUT2D eigenvalue weighted by Gasteiger charge is -2.12. The van der Waals surface area contributed by atoms with Crippen LogP contribution in [-0.4, -0.2) is 24.5 Å². The van der Waals surface area contributed by atoms with Crippen LogP contribution in [0.5, 0.6) is 0 Å². The molecule has 2 rings (SSSR count). The van der Waals surface area contributed by atoms with E-state index in [4.69, 9.17) is 0 Å². The van der Waals surface area contributed by atoms with Crippen LogP contribution in [0.3, 0.4) is 0 Å². The fraction of sp³-hybridized carbons (Fsp3) is 0.364. The third-order valence-corrected chi connectivity index (χ3v) is 3.20. The van der Waals surface area contributed by atoms with E-state index < -0.39 is 30.2 Å². The molecule has 1 aliphatic heterocycles. The minimum atomic E-state index is -3.43. The van der Waals surface area contributed by atoms with Crippen molar-refractivity contribution < 1.29 is 22.7 Å². The molecule has 1 saturated heterocycles. The summed E-state index contributed by atoms with van der Waals surface area (Å²) in [6.45, 7) is 0.00336. The van der Waals surface area contributed by atoms with Crippen molar-refractivity contribution in [2.75, 3.05) is 11.9 Å². The summed E-state index contributed by atoms with van der Waals surface area (Å²) < 4.78 is 43.8. The molecule has 3 nitrogen and oxygen atoms in total. The highest BCUT2D eigenvalue weighted by molar-refractivity contribution is 9.10. The molecule has 1 atom stereocenters. The number of cyclic esters (lactones) is 1. The smallest absolute Gasteiger partial charge is 0.377 e. The van der Waals surface area contributed by atoms with Crippen molar-refractivity contribution in [3.8, 4) is 0 Å². The number of benzene rings is 1. The van der Waals surface area contributed by atoms with E-state index in [1.807, 2.05) is 0 Å². The molecule has 0 radical (unpaired) electrons. The summed E-state index contributed by atoms with van der Waals surface area (Å²) in [4.78, 5) is 10.8. The molecule has 1 N–H and O–H groups in total. The van der Waals surface area contributed by atoms with E-state index in [1.165, 1.54) is 18.2 Å². The van der Waals surface area contributed by atoms with Crippen LogP contribution < -0.4 is 5.32 Å². The zero-order chi connectivity index (χ0) is 13.3. The minimum absolute atomic E-state index is 0.00336. The summed E-state index contributed by atoms with van der Waals surface area (Å²) in [5.74, 6) is -5.38. The number of nitrogens with one attached hydrogen (secondary N) is 1. The van der Waals surface area contributed by atoms with Crippen LogP contribution >= 0.6 is 15.9 Å². The number of alkyl halides is 2. The van der Waals surface area contributed by atoms with Crippen molar-refractivity contribution in [3.05, 3.63) is 28.5 Å². The third-order valence-electron chi connectivity index (χ3n) is 2.50. The Bertz CT molecular complexity index is 481. The van der Waals surface area contributed by atoms with Gasteiger partial charge in [0, 0.05) is 4.47 Å². The number of ether oxygens (including phenoxy) is 1. The molecular formula is C11H9BrF3NO2. The normalized spacial score (nSPS) is 21.8. The van der Waals surface area contributed by atoms with Gasteiger partial charge in [-0.1, -0.05) is 0 Å². The molecule has 1 unspecified atom stereocenters. The van der Waals surface area contributed by atoms with E-state index >= 15 is 0 Å². The van der Waals surface area contributed by atoms with Crippen LogP contribution in [0.2, 0.25) is 0 Å². The van der Waals surface area contributed by atoms with E-state index in [9.17, 15) is 18.0 Å². The number of hydrogen-bond donors (Lipinski definition) is 1. The van der Waals surface area contributed by atoms with E-state index in [-0.39, 0.29) is 6.54 Å². The predicted octanol–water partition coefficient (Wildman–Crippen LogP) is 2.95. The Kier molecular flexibility index (Phi) is 3.52. The van der Waals surface area contributed by atoms with E-state index in [2.05, 4.69) is 26.0 Å². The summed E-state index contributed by atoms with van der Waals surface area (Å²) in [5.41, 5.74) is 0.418. The molecule has 98 valence electrons. The Morgan fingerprint density at radius 2 is 2.22 bits per heavy atom. The molecule has 18 heavy (non-hydrogen) atoms. The number of anilines is 1. The minimum Gasteiger partial charge on any atom is -0.456 e. The van der Waals surface area contributed by atoms with Crippen molar-refractivity contribution in [1.29, 1.82) is 0 Å². The Balaban J connectivity index is 1.97. The van der Waals surface area contributed by atoms with Gasteiger partial charge in [0.1, 0.15) is 11.9 Å². The molecule has 1 aromatic rings. The van der Waals surface area contributed by atoms with Gasteiger partial charge in [0.2, 0.25) is 0 Å². The third kappa shape index (κ3) is 2.77. The highest BCUT2D eigenvalue weighted by Gasteiger charge is 2.50. The molecule has 1 aromatic carbocycles. The second-order valence-electron chi connectivity index (χ2n) is 3.94. The second-order valence-corrected chi connectivity index (χ2v) is 4.80. The zero-order valence-corrected chi connectivity index (χ0v) is 10.6. The fourth-order valence-electron chi connectivity index (χ4n) is 1.62. The average Bonchev–Trinajstić information content (AvgIpc) is 2.54. The highest BCUT2D eigenvalue weighted by Crippen LogP contribution is 2.31. The summed E-state index contributed by atoms with van der Waals surface area (Å²) in [7, 11) is 0. The quantitative estimate of drug-likeness (QED) is 0.869. The van der Waals surface area contributed by atoms with Gasteiger partial charge in [0.25, 0.3) is 0 Å². The van der Waals surface area contributed by atoms with Crippen molar-refractivity contribution in [2.24, 2.45) is 0 Å². The molecule has 7 heteroatoms. The van der Waals surface area contributed by atoms with Crippen LogP contribution in [0.1, 0.15) is 6.42 Å². The van der Waals surface area contributed by atoms with E-state index in [0.29, 0.717) is 10.2 Å². The summed E-state index contributed by atoms with van der Waals surface area (Å²) in [6, 6.07) is 3.98. The number of hydrogen-bond acceptors (Lipinski definition) is 3. The Morgan fingerprint density at radius 3 is 2.83 bits per heavy atom. The first kappa shape index (κ1) is 13.2. The second kappa shape index (κ2) is 4.79. The zero-order valence-electron chi connectivity index (χ0n) is 9.05. The van der Waals surface area contributed by atoms with Gasteiger partial charge in [-0.25, -0.2) is 9.18 Å². The van der Waals surface area contributed by atoms with Crippen LogP contribution in [0.15, 0.2) is 22.7 Å². The average molecular weight is 324 g/mol. The van der Waals surface area contributed by atoms with Crippen LogP contribution in [0, 0.1) is 5.82 Å². The molecule has 1 heterocycles.